The van der Waals surface area contributed by atoms with Gasteiger partial charge in [0.1, 0.15) is 5.75 Å². The van der Waals surface area contributed by atoms with E-state index < -0.39 is 0 Å². The van der Waals surface area contributed by atoms with Gasteiger partial charge in [0, 0.05) is 6.54 Å². The maximum atomic E-state index is 5.24. The van der Waals surface area contributed by atoms with E-state index in [1.54, 1.807) is 7.11 Å². The number of benzene rings is 2. The van der Waals surface area contributed by atoms with Gasteiger partial charge in [-0.3, -0.25) is 0 Å². The number of rotatable bonds is 5. The van der Waals surface area contributed by atoms with Gasteiger partial charge in [-0.05, 0) is 40.9 Å². The summed E-state index contributed by atoms with van der Waals surface area (Å²) in [5.74, 6) is 1.45. The topological polar surface area (TPSA) is 21.3 Å². The second kappa shape index (κ2) is 7.37. The molecule has 1 N–H and O–H groups in total. The van der Waals surface area contributed by atoms with E-state index >= 15 is 0 Å². The predicted octanol–water partition coefficient (Wildman–Crippen LogP) is 3.98. The lowest BCUT2D eigenvalue weighted by Crippen LogP contribution is -2.19. The third kappa shape index (κ3) is 3.85. The van der Waals surface area contributed by atoms with Crippen molar-refractivity contribution < 1.29 is 4.74 Å². The van der Waals surface area contributed by atoms with Crippen LogP contribution in [0.4, 0.5) is 0 Å². The van der Waals surface area contributed by atoms with Gasteiger partial charge in [0.15, 0.2) is 0 Å². The van der Waals surface area contributed by atoms with Crippen molar-refractivity contribution in [3.8, 4) is 5.75 Å². The largest absolute Gasteiger partial charge is 0.497 e. The Morgan fingerprint density at radius 1 is 1.11 bits per heavy atom. The first-order chi connectivity index (χ1) is 8.74. The van der Waals surface area contributed by atoms with Gasteiger partial charge in [-0.1, -0.05) is 38.1 Å². The molecule has 0 saturated carbocycles. The van der Waals surface area contributed by atoms with E-state index in [2.05, 4.69) is 49.5 Å². The van der Waals surface area contributed by atoms with Crippen LogP contribution >= 0.6 is 12.4 Å². The molecular formula is C16H22ClNO. The quantitative estimate of drug-likeness (QED) is 0.894. The fourth-order valence-corrected chi connectivity index (χ4v) is 2.15. The Labute approximate surface area is 121 Å². The van der Waals surface area contributed by atoms with Gasteiger partial charge < -0.3 is 10.1 Å². The number of ether oxygens (including phenoxy) is 1. The molecule has 1 unspecified atom stereocenters. The molecule has 3 heteroatoms. The average Bonchev–Trinajstić information content (AvgIpc) is 2.43. The molecule has 0 aromatic heterocycles. The Kier molecular flexibility index (Phi) is 6.13. The first kappa shape index (κ1) is 15.8. The van der Waals surface area contributed by atoms with E-state index in [4.69, 9.17) is 4.74 Å². The lowest BCUT2D eigenvalue weighted by molar-refractivity contribution is 0.415. The third-order valence-electron chi connectivity index (χ3n) is 3.34. The molecule has 104 valence electrons. The van der Waals surface area contributed by atoms with Crippen LogP contribution in [-0.4, -0.2) is 20.2 Å². The normalized spacial score (nSPS) is 11.9. The van der Waals surface area contributed by atoms with Gasteiger partial charge in [0.2, 0.25) is 0 Å². The minimum Gasteiger partial charge on any atom is -0.497 e. The molecule has 0 fully saturated rings. The first-order valence-corrected chi connectivity index (χ1v) is 6.53. The van der Waals surface area contributed by atoms with Gasteiger partial charge >= 0.3 is 0 Å². The summed E-state index contributed by atoms with van der Waals surface area (Å²) >= 11 is 0. The highest BCUT2D eigenvalue weighted by Crippen LogP contribution is 2.24. The number of hydrogen-bond acceptors (Lipinski definition) is 2. The summed E-state index contributed by atoms with van der Waals surface area (Å²) in [5.41, 5.74) is 1.38. The van der Waals surface area contributed by atoms with Crippen LogP contribution in [0.5, 0.6) is 5.75 Å². The van der Waals surface area contributed by atoms with E-state index in [0.717, 1.165) is 18.8 Å². The average molecular weight is 280 g/mol. The highest BCUT2D eigenvalue weighted by Gasteiger charge is 2.06. The van der Waals surface area contributed by atoms with Crippen molar-refractivity contribution in [2.75, 3.05) is 20.2 Å². The van der Waals surface area contributed by atoms with Crippen molar-refractivity contribution >= 4 is 23.2 Å². The molecule has 2 rings (SSSR count). The van der Waals surface area contributed by atoms with Crippen LogP contribution in [0.2, 0.25) is 0 Å². The lowest BCUT2D eigenvalue weighted by atomic mass is 9.97. The summed E-state index contributed by atoms with van der Waals surface area (Å²) in [7, 11) is 1.70. The molecule has 0 radical (unpaired) electrons. The summed E-state index contributed by atoms with van der Waals surface area (Å²) in [6.07, 6.45) is 0. The first-order valence-electron chi connectivity index (χ1n) is 6.53. The van der Waals surface area contributed by atoms with Crippen LogP contribution < -0.4 is 10.1 Å². The maximum absolute atomic E-state index is 5.24. The van der Waals surface area contributed by atoms with E-state index in [1.165, 1.54) is 16.3 Å². The van der Waals surface area contributed by atoms with Gasteiger partial charge in [-0.2, -0.15) is 0 Å². The van der Waals surface area contributed by atoms with Crippen molar-refractivity contribution in [1.82, 2.24) is 5.32 Å². The third-order valence-corrected chi connectivity index (χ3v) is 3.34. The lowest BCUT2D eigenvalue weighted by Gasteiger charge is -2.13. The summed E-state index contributed by atoms with van der Waals surface area (Å²) < 4.78 is 5.24. The molecule has 1 atom stereocenters. The zero-order chi connectivity index (χ0) is 13.0. The highest BCUT2D eigenvalue weighted by atomic mass is 35.5. The zero-order valence-corrected chi connectivity index (χ0v) is 12.6. The van der Waals surface area contributed by atoms with E-state index in [9.17, 15) is 0 Å². The molecule has 19 heavy (non-hydrogen) atoms. The Balaban J connectivity index is 0.00000180. The minimum atomic E-state index is 0. The number of methoxy groups -OCH3 is 1. The Morgan fingerprint density at radius 2 is 1.79 bits per heavy atom. The number of hydrogen-bond donors (Lipinski definition) is 1. The van der Waals surface area contributed by atoms with Crippen LogP contribution in [0.15, 0.2) is 36.4 Å². The monoisotopic (exact) mass is 279 g/mol. The highest BCUT2D eigenvalue weighted by molar-refractivity contribution is 5.85. The molecule has 0 spiro atoms. The molecule has 2 aromatic rings. The van der Waals surface area contributed by atoms with Crippen molar-refractivity contribution in [3.63, 3.8) is 0 Å². The second-order valence-corrected chi connectivity index (χ2v) is 4.68. The molecular weight excluding hydrogens is 258 g/mol. The molecule has 0 amide bonds. The Hall–Kier alpha value is -1.25. The molecule has 0 bridgehead atoms. The minimum absolute atomic E-state index is 0. The van der Waals surface area contributed by atoms with Gasteiger partial charge in [0.25, 0.3) is 0 Å². The molecule has 0 saturated heterocycles. The van der Waals surface area contributed by atoms with Crippen LogP contribution in [0.1, 0.15) is 25.3 Å². The Morgan fingerprint density at radius 3 is 2.47 bits per heavy atom. The summed E-state index contributed by atoms with van der Waals surface area (Å²) in [5, 5.41) is 5.90. The van der Waals surface area contributed by atoms with E-state index in [-0.39, 0.29) is 12.4 Å². The standard InChI is InChI=1S/C16H21NO.ClH/c1-4-17-11-12(2)13-5-6-15-10-16(18-3)8-7-14(15)9-13;/h5-10,12,17H,4,11H2,1-3H3;1H. The van der Waals surface area contributed by atoms with Gasteiger partial charge in [-0.25, -0.2) is 0 Å². The summed E-state index contributed by atoms with van der Waals surface area (Å²) in [6.45, 7) is 6.44. The number of halogens is 1. The van der Waals surface area contributed by atoms with Crippen LogP contribution in [0.25, 0.3) is 10.8 Å². The van der Waals surface area contributed by atoms with Crippen molar-refractivity contribution in [2.24, 2.45) is 0 Å². The zero-order valence-electron chi connectivity index (χ0n) is 11.8. The fourth-order valence-electron chi connectivity index (χ4n) is 2.15. The Bertz CT molecular complexity index is 527. The molecule has 2 aromatic carbocycles. The molecule has 0 aliphatic rings. The predicted molar refractivity (Wildman–Crippen MR) is 84.7 cm³/mol. The summed E-state index contributed by atoms with van der Waals surface area (Å²) in [6, 6.07) is 12.9. The van der Waals surface area contributed by atoms with Crippen LogP contribution in [0, 0.1) is 0 Å². The number of nitrogens with one attached hydrogen (secondary N) is 1. The molecule has 0 heterocycles. The van der Waals surface area contributed by atoms with E-state index in [1.807, 2.05) is 6.07 Å². The number of fused-ring (bicyclic) bond motifs is 1. The van der Waals surface area contributed by atoms with Crippen LogP contribution in [-0.2, 0) is 0 Å². The van der Waals surface area contributed by atoms with Crippen LogP contribution in [0.3, 0.4) is 0 Å². The van der Waals surface area contributed by atoms with Gasteiger partial charge in [-0.15, -0.1) is 12.4 Å². The smallest absolute Gasteiger partial charge is 0.119 e. The van der Waals surface area contributed by atoms with Crippen molar-refractivity contribution in [1.29, 1.82) is 0 Å². The SMILES string of the molecule is CCNCC(C)c1ccc2cc(OC)ccc2c1.Cl. The number of likely N-dealkylation sites (N-methyl/N-ethyl adjacent to an activating group) is 1. The molecule has 0 aliphatic heterocycles. The molecule has 0 aliphatic carbocycles. The second-order valence-electron chi connectivity index (χ2n) is 4.68. The van der Waals surface area contributed by atoms with Gasteiger partial charge in [0.05, 0.1) is 7.11 Å². The maximum Gasteiger partial charge on any atom is 0.119 e. The van der Waals surface area contributed by atoms with Crippen molar-refractivity contribution in [2.45, 2.75) is 19.8 Å². The summed E-state index contributed by atoms with van der Waals surface area (Å²) in [4.78, 5) is 0. The van der Waals surface area contributed by atoms with Crippen molar-refractivity contribution in [3.05, 3.63) is 42.0 Å². The van der Waals surface area contributed by atoms with E-state index in [0.29, 0.717) is 5.92 Å². The fraction of sp³-hybridized carbons (Fsp3) is 0.375. The molecule has 2 nitrogen and oxygen atoms in total.